The minimum Gasteiger partial charge on any atom is -0.493 e. The highest BCUT2D eigenvalue weighted by Gasteiger charge is 2.01. The summed E-state index contributed by atoms with van der Waals surface area (Å²) in [5.41, 5.74) is 2.17. The van der Waals surface area contributed by atoms with Gasteiger partial charge in [0.1, 0.15) is 6.61 Å². The average Bonchev–Trinajstić information content (AvgIpc) is 2.52. The predicted molar refractivity (Wildman–Crippen MR) is 83.0 cm³/mol. The van der Waals surface area contributed by atoms with Crippen LogP contribution in [0.25, 0.3) is 0 Å². The van der Waals surface area contributed by atoms with Gasteiger partial charge in [-0.15, -0.1) is 11.6 Å². The number of methoxy groups -OCH3 is 1. The van der Waals surface area contributed by atoms with Crippen LogP contribution < -0.4 is 14.8 Å². The van der Waals surface area contributed by atoms with Gasteiger partial charge in [-0.05, 0) is 29.8 Å². The van der Waals surface area contributed by atoms with Crippen LogP contribution >= 0.6 is 11.6 Å². The van der Waals surface area contributed by atoms with E-state index in [1.807, 2.05) is 48.5 Å². The lowest BCUT2D eigenvalue weighted by Crippen LogP contribution is -2.11. The van der Waals surface area contributed by atoms with Gasteiger partial charge in [-0.3, -0.25) is 0 Å². The molecule has 0 aliphatic heterocycles. The van der Waals surface area contributed by atoms with Gasteiger partial charge in [0.15, 0.2) is 11.5 Å². The van der Waals surface area contributed by atoms with Crippen molar-refractivity contribution in [1.29, 1.82) is 0 Å². The molecule has 0 fully saturated rings. The highest BCUT2D eigenvalue weighted by Crippen LogP contribution is 2.25. The fourth-order valence-corrected chi connectivity index (χ4v) is 1.98. The minimum absolute atomic E-state index is 0.539. The standard InChI is InChI=1S/C16H18ClNO2/c1-19-15-4-2-3-5-16(15)20-11-10-18-14-8-6-13(12-17)7-9-14/h2-9,18H,10-12H2,1H3. The minimum atomic E-state index is 0.539. The molecule has 3 nitrogen and oxygen atoms in total. The molecular formula is C16H18ClNO2. The Kier molecular flexibility index (Phi) is 5.56. The van der Waals surface area contributed by atoms with Gasteiger partial charge in [0, 0.05) is 18.1 Å². The zero-order chi connectivity index (χ0) is 14.2. The number of nitrogens with one attached hydrogen (secondary N) is 1. The molecule has 20 heavy (non-hydrogen) atoms. The number of hydrogen-bond acceptors (Lipinski definition) is 3. The summed E-state index contributed by atoms with van der Waals surface area (Å²) in [6.07, 6.45) is 0. The van der Waals surface area contributed by atoms with Gasteiger partial charge in [-0.1, -0.05) is 24.3 Å². The first-order valence-corrected chi connectivity index (χ1v) is 7.01. The summed E-state index contributed by atoms with van der Waals surface area (Å²) in [5, 5.41) is 3.29. The predicted octanol–water partition coefficient (Wildman–Crippen LogP) is 3.92. The maximum absolute atomic E-state index is 5.75. The van der Waals surface area contributed by atoms with Gasteiger partial charge in [0.05, 0.1) is 7.11 Å². The molecule has 0 saturated carbocycles. The summed E-state index contributed by atoms with van der Waals surface area (Å²) >= 11 is 5.75. The highest BCUT2D eigenvalue weighted by molar-refractivity contribution is 6.17. The maximum Gasteiger partial charge on any atom is 0.161 e. The molecule has 0 spiro atoms. The summed E-state index contributed by atoms with van der Waals surface area (Å²) in [5.74, 6) is 2.05. The number of benzene rings is 2. The molecule has 0 aliphatic carbocycles. The number of alkyl halides is 1. The Balaban J connectivity index is 1.78. The van der Waals surface area contributed by atoms with E-state index in [4.69, 9.17) is 21.1 Å². The van der Waals surface area contributed by atoms with E-state index in [0.29, 0.717) is 12.5 Å². The van der Waals surface area contributed by atoms with E-state index in [9.17, 15) is 0 Å². The summed E-state index contributed by atoms with van der Waals surface area (Å²) in [4.78, 5) is 0. The van der Waals surface area contributed by atoms with E-state index in [1.165, 1.54) is 0 Å². The van der Waals surface area contributed by atoms with Gasteiger partial charge in [0.25, 0.3) is 0 Å². The van der Waals surface area contributed by atoms with Gasteiger partial charge >= 0.3 is 0 Å². The van der Waals surface area contributed by atoms with Crippen LogP contribution in [-0.2, 0) is 5.88 Å². The fourth-order valence-electron chi connectivity index (χ4n) is 1.81. The summed E-state index contributed by atoms with van der Waals surface area (Å²) in [6.45, 7) is 1.29. The first-order chi connectivity index (χ1) is 9.83. The van der Waals surface area contributed by atoms with E-state index in [1.54, 1.807) is 7.11 Å². The summed E-state index contributed by atoms with van der Waals surface area (Å²) in [6, 6.07) is 15.7. The molecule has 0 amide bonds. The van der Waals surface area contributed by atoms with Gasteiger partial charge in [-0.25, -0.2) is 0 Å². The number of hydrogen-bond donors (Lipinski definition) is 1. The molecule has 0 atom stereocenters. The number of ether oxygens (including phenoxy) is 2. The lowest BCUT2D eigenvalue weighted by molar-refractivity contribution is 0.306. The molecule has 106 valence electrons. The molecule has 0 bridgehead atoms. The van der Waals surface area contributed by atoms with Crippen LogP contribution in [0.4, 0.5) is 5.69 Å². The van der Waals surface area contributed by atoms with Crippen molar-refractivity contribution < 1.29 is 9.47 Å². The van der Waals surface area contributed by atoms with Crippen LogP contribution in [0, 0.1) is 0 Å². The van der Waals surface area contributed by atoms with Crippen molar-refractivity contribution in [3.05, 3.63) is 54.1 Å². The maximum atomic E-state index is 5.75. The Morgan fingerprint density at radius 3 is 2.35 bits per heavy atom. The van der Waals surface area contributed by atoms with Gasteiger partial charge < -0.3 is 14.8 Å². The van der Waals surface area contributed by atoms with Crippen molar-refractivity contribution in [2.75, 3.05) is 25.6 Å². The van der Waals surface area contributed by atoms with Gasteiger partial charge in [-0.2, -0.15) is 0 Å². The van der Waals surface area contributed by atoms with Crippen LogP contribution in [0.2, 0.25) is 0 Å². The van der Waals surface area contributed by atoms with Crippen molar-refractivity contribution in [1.82, 2.24) is 0 Å². The quantitative estimate of drug-likeness (QED) is 0.619. The molecule has 0 unspecified atom stereocenters. The molecule has 0 aliphatic rings. The second kappa shape index (κ2) is 7.65. The zero-order valence-electron chi connectivity index (χ0n) is 11.4. The smallest absolute Gasteiger partial charge is 0.161 e. The molecule has 4 heteroatoms. The third kappa shape index (κ3) is 4.07. The van der Waals surface area contributed by atoms with Crippen molar-refractivity contribution in [2.24, 2.45) is 0 Å². The molecule has 2 aromatic carbocycles. The topological polar surface area (TPSA) is 30.5 Å². The van der Waals surface area contributed by atoms with E-state index in [2.05, 4.69) is 5.32 Å². The van der Waals surface area contributed by atoms with E-state index in [0.717, 1.165) is 29.3 Å². The number of rotatable bonds is 7. The van der Waals surface area contributed by atoms with Crippen molar-refractivity contribution >= 4 is 17.3 Å². The monoisotopic (exact) mass is 291 g/mol. The molecule has 2 rings (SSSR count). The van der Waals surface area contributed by atoms with Crippen molar-refractivity contribution in [3.63, 3.8) is 0 Å². The zero-order valence-corrected chi connectivity index (χ0v) is 12.2. The third-order valence-corrected chi connectivity index (χ3v) is 3.17. The van der Waals surface area contributed by atoms with E-state index in [-0.39, 0.29) is 0 Å². The van der Waals surface area contributed by atoms with Crippen molar-refractivity contribution in [3.8, 4) is 11.5 Å². The summed E-state index contributed by atoms with van der Waals surface area (Å²) in [7, 11) is 1.64. The van der Waals surface area contributed by atoms with Gasteiger partial charge in [0.2, 0.25) is 0 Å². The number of anilines is 1. The van der Waals surface area contributed by atoms with Crippen LogP contribution in [0.1, 0.15) is 5.56 Å². The van der Waals surface area contributed by atoms with Crippen LogP contribution in [-0.4, -0.2) is 20.3 Å². The lowest BCUT2D eigenvalue weighted by atomic mass is 10.2. The normalized spacial score (nSPS) is 10.1. The van der Waals surface area contributed by atoms with Crippen LogP contribution in [0.3, 0.4) is 0 Å². The Hall–Kier alpha value is -1.87. The Morgan fingerprint density at radius 2 is 1.70 bits per heavy atom. The molecule has 1 N–H and O–H groups in total. The molecule has 0 saturated heterocycles. The number of halogens is 1. The third-order valence-electron chi connectivity index (χ3n) is 2.87. The molecular weight excluding hydrogens is 274 g/mol. The number of para-hydroxylation sites is 2. The van der Waals surface area contributed by atoms with Crippen LogP contribution in [0.5, 0.6) is 11.5 Å². The fraction of sp³-hybridized carbons (Fsp3) is 0.250. The Labute approximate surface area is 124 Å². The Bertz CT molecular complexity index is 528. The largest absolute Gasteiger partial charge is 0.493 e. The SMILES string of the molecule is COc1ccccc1OCCNc1ccc(CCl)cc1. The molecule has 0 aromatic heterocycles. The van der Waals surface area contributed by atoms with Crippen molar-refractivity contribution in [2.45, 2.75) is 5.88 Å². The first-order valence-electron chi connectivity index (χ1n) is 6.48. The highest BCUT2D eigenvalue weighted by atomic mass is 35.5. The molecule has 0 heterocycles. The average molecular weight is 292 g/mol. The second-order valence-electron chi connectivity index (χ2n) is 4.26. The van der Waals surface area contributed by atoms with Crippen LogP contribution in [0.15, 0.2) is 48.5 Å². The first kappa shape index (κ1) is 14.5. The molecule has 0 radical (unpaired) electrons. The molecule has 2 aromatic rings. The Morgan fingerprint density at radius 1 is 1.00 bits per heavy atom. The van der Waals surface area contributed by atoms with E-state index < -0.39 is 0 Å². The lowest BCUT2D eigenvalue weighted by Gasteiger charge is -2.11. The van der Waals surface area contributed by atoms with E-state index >= 15 is 0 Å². The summed E-state index contributed by atoms with van der Waals surface area (Å²) < 4.78 is 10.9. The second-order valence-corrected chi connectivity index (χ2v) is 4.52.